The van der Waals surface area contributed by atoms with Crippen molar-refractivity contribution in [1.29, 1.82) is 0 Å². The molecule has 0 radical (unpaired) electrons. The van der Waals surface area contributed by atoms with Crippen molar-refractivity contribution in [2.75, 3.05) is 11.1 Å². The van der Waals surface area contributed by atoms with Gasteiger partial charge in [0.05, 0.1) is 17.4 Å². The van der Waals surface area contributed by atoms with E-state index in [1.807, 2.05) is 24.7 Å². The smallest absolute Gasteiger partial charge is 0.148 e. The van der Waals surface area contributed by atoms with Crippen LogP contribution >= 0.6 is 0 Å². The topological polar surface area (TPSA) is 84.6 Å². The number of nitrogens with zero attached hydrogens (tertiary/aromatic N) is 3. The Labute approximate surface area is 107 Å². The predicted molar refractivity (Wildman–Crippen MR) is 72.3 cm³/mol. The van der Waals surface area contributed by atoms with Crippen LogP contribution in [0.3, 0.4) is 0 Å². The van der Waals surface area contributed by atoms with Crippen LogP contribution in [0.1, 0.15) is 37.8 Å². The monoisotopic (exact) mass is 248 g/mol. The van der Waals surface area contributed by atoms with E-state index in [4.69, 9.17) is 5.73 Å². The number of nitrogens with two attached hydrogens (primary N) is 1. The molecule has 0 fully saturated rings. The van der Waals surface area contributed by atoms with E-state index in [2.05, 4.69) is 27.3 Å². The van der Waals surface area contributed by atoms with Gasteiger partial charge in [-0.2, -0.15) is 5.10 Å². The van der Waals surface area contributed by atoms with Gasteiger partial charge in [0.25, 0.3) is 0 Å². The Kier molecular flexibility index (Phi) is 3.55. The van der Waals surface area contributed by atoms with Crippen LogP contribution in [0.15, 0.2) is 12.4 Å². The molecule has 4 N–H and O–H groups in total. The number of aromatic nitrogens is 4. The van der Waals surface area contributed by atoms with E-state index in [1.54, 1.807) is 6.20 Å². The van der Waals surface area contributed by atoms with Crippen molar-refractivity contribution in [3.8, 4) is 0 Å². The van der Waals surface area contributed by atoms with Gasteiger partial charge < -0.3 is 16.0 Å². The molecule has 0 aliphatic carbocycles. The largest absolute Gasteiger partial charge is 0.394 e. The van der Waals surface area contributed by atoms with Crippen LogP contribution in [-0.2, 0) is 6.54 Å². The summed E-state index contributed by atoms with van der Waals surface area (Å²) in [6, 6.07) is 0.0639. The van der Waals surface area contributed by atoms with E-state index < -0.39 is 0 Å². The normalized spacial score (nSPS) is 12.6. The SMILES string of the molecule is CCCn1nc(C)c(N)c1NC(C)c1ncc[nH]1. The fraction of sp³-hybridized carbons (Fsp3) is 0.500. The second-order valence-corrected chi connectivity index (χ2v) is 4.41. The molecule has 6 heteroatoms. The molecule has 0 aromatic carbocycles. The van der Waals surface area contributed by atoms with Gasteiger partial charge in [-0.1, -0.05) is 6.92 Å². The highest BCUT2D eigenvalue weighted by atomic mass is 15.3. The maximum Gasteiger partial charge on any atom is 0.148 e. The van der Waals surface area contributed by atoms with E-state index in [9.17, 15) is 0 Å². The summed E-state index contributed by atoms with van der Waals surface area (Å²) in [6.07, 6.45) is 4.57. The number of nitrogen functional groups attached to an aromatic ring is 1. The summed E-state index contributed by atoms with van der Waals surface area (Å²) >= 11 is 0. The minimum Gasteiger partial charge on any atom is -0.394 e. The third kappa shape index (κ3) is 2.32. The maximum absolute atomic E-state index is 6.06. The van der Waals surface area contributed by atoms with E-state index >= 15 is 0 Å². The quantitative estimate of drug-likeness (QED) is 0.756. The van der Waals surface area contributed by atoms with Gasteiger partial charge in [-0.05, 0) is 20.3 Å². The van der Waals surface area contributed by atoms with Crippen LogP contribution in [0.2, 0.25) is 0 Å². The number of nitrogens with one attached hydrogen (secondary N) is 2. The van der Waals surface area contributed by atoms with Gasteiger partial charge in [-0.3, -0.25) is 0 Å². The summed E-state index contributed by atoms with van der Waals surface area (Å²) in [5.41, 5.74) is 7.63. The molecule has 0 amide bonds. The number of aromatic amines is 1. The number of hydrogen-bond donors (Lipinski definition) is 3. The third-order valence-electron chi connectivity index (χ3n) is 2.89. The van der Waals surface area contributed by atoms with E-state index in [1.165, 1.54) is 0 Å². The average Bonchev–Trinajstić information content (AvgIpc) is 2.94. The molecular formula is C12H20N6. The van der Waals surface area contributed by atoms with E-state index in [0.717, 1.165) is 30.3 Å². The van der Waals surface area contributed by atoms with Gasteiger partial charge in [0.1, 0.15) is 11.6 Å². The van der Waals surface area contributed by atoms with Crippen molar-refractivity contribution in [1.82, 2.24) is 19.7 Å². The maximum atomic E-state index is 6.06. The lowest BCUT2D eigenvalue weighted by molar-refractivity contribution is 0.598. The Hall–Kier alpha value is -1.98. The zero-order valence-corrected chi connectivity index (χ0v) is 11.1. The zero-order chi connectivity index (χ0) is 13.1. The molecule has 2 aromatic rings. The standard InChI is InChI=1S/C12H20N6/c1-4-7-18-12(10(13)8(2)17-18)16-9(3)11-14-5-6-15-11/h5-6,9,16H,4,7,13H2,1-3H3,(H,14,15). The third-order valence-corrected chi connectivity index (χ3v) is 2.89. The van der Waals surface area contributed by atoms with Crippen LogP contribution in [0, 0.1) is 6.92 Å². The van der Waals surface area contributed by atoms with Gasteiger partial charge in [0.2, 0.25) is 0 Å². The Bertz CT molecular complexity index is 499. The number of anilines is 2. The van der Waals surface area contributed by atoms with Crippen LogP contribution in [0.5, 0.6) is 0 Å². The average molecular weight is 248 g/mol. The van der Waals surface area contributed by atoms with Gasteiger partial charge >= 0.3 is 0 Å². The second kappa shape index (κ2) is 5.12. The molecule has 18 heavy (non-hydrogen) atoms. The molecule has 2 rings (SSSR count). The summed E-state index contributed by atoms with van der Waals surface area (Å²) < 4.78 is 1.92. The molecule has 6 nitrogen and oxygen atoms in total. The summed E-state index contributed by atoms with van der Waals surface area (Å²) in [5, 5.41) is 7.80. The molecular weight excluding hydrogens is 228 g/mol. The highest BCUT2D eigenvalue weighted by Crippen LogP contribution is 2.26. The van der Waals surface area contributed by atoms with Gasteiger partial charge in [-0.15, -0.1) is 0 Å². The molecule has 1 unspecified atom stereocenters. The Balaban J connectivity index is 2.22. The molecule has 0 saturated carbocycles. The molecule has 0 aliphatic rings. The Morgan fingerprint density at radius 1 is 1.56 bits per heavy atom. The van der Waals surface area contributed by atoms with Gasteiger partial charge in [-0.25, -0.2) is 9.67 Å². The first-order chi connectivity index (χ1) is 8.63. The summed E-state index contributed by atoms with van der Waals surface area (Å²) in [5.74, 6) is 1.76. The highest BCUT2D eigenvalue weighted by molar-refractivity contribution is 5.65. The number of hydrogen-bond acceptors (Lipinski definition) is 4. The first kappa shape index (κ1) is 12.5. The fourth-order valence-corrected chi connectivity index (χ4v) is 1.91. The first-order valence-electron chi connectivity index (χ1n) is 6.22. The zero-order valence-electron chi connectivity index (χ0n) is 11.1. The predicted octanol–water partition coefficient (Wildman–Crippen LogP) is 2.08. The van der Waals surface area contributed by atoms with Crippen molar-refractivity contribution in [2.45, 2.75) is 39.8 Å². The molecule has 0 spiro atoms. The Morgan fingerprint density at radius 3 is 2.94 bits per heavy atom. The van der Waals surface area contributed by atoms with Gasteiger partial charge in [0.15, 0.2) is 0 Å². The van der Waals surface area contributed by atoms with Crippen molar-refractivity contribution < 1.29 is 0 Å². The van der Waals surface area contributed by atoms with Crippen LogP contribution < -0.4 is 11.1 Å². The molecule has 2 aromatic heterocycles. The number of aryl methyl sites for hydroxylation is 2. The van der Waals surface area contributed by atoms with E-state index in [0.29, 0.717) is 5.69 Å². The molecule has 0 aliphatic heterocycles. The lowest BCUT2D eigenvalue weighted by Gasteiger charge is -2.15. The summed E-state index contributed by atoms with van der Waals surface area (Å²) in [4.78, 5) is 7.33. The minimum absolute atomic E-state index is 0.0639. The first-order valence-corrected chi connectivity index (χ1v) is 6.22. The lowest BCUT2D eigenvalue weighted by Crippen LogP contribution is -2.14. The second-order valence-electron chi connectivity index (χ2n) is 4.41. The molecule has 98 valence electrons. The Morgan fingerprint density at radius 2 is 2.33 bits per heavy atom. The van der Waals surface area contributed by atoms with Crippen molar-refractivity contribution in [3.05, 3.63) is 23.9 Å². The van der Waals surface area contributed by atoms with Crippen molar-refractivity contribution in [2.24, 2.45) is 0 Å². The van der Waals surface area contributed by atoms with Crippen molar-refractivity contribution >= 4 is 11.5 Å². The fourth-order valence-electron chi connectivity index (χ4n) is 1.91. The summed E-state index contributed by atoms with van der Waals surface area (Å²) in [7, 11) is 0. The van der Waals surface area contributed by atoms with Gasteiger partial charge in [0, 0.05) is 18.9 Å². The number of imidazole rings is 1. The molecule has 0 saturated heterocycles. The summed E-state index contributed by atoms with van der Waals surface area (Å²) in [6.45, 7) is 6.93. The van der Waals surface area contributed by atoms with Crippen LogP contribution in [0.4, 0.5) is 11.5 Å². The highest BCUT2D eigenvalue weighted by Gasteiger charge is 2.16. The van der Waals surface area contributed by atoms with Crippen LogP contribution in [-0.4, -0.2) is 19.7 Å². The minimum atomic E-state index is 0.0639. The molecule has 2 heterocycles. The van der Waals surface area contributed by atoms with Crippen molar-refractivity contribution in [3.63, 3.8) is 0 Å². The van der Waals surface area contributed by atoms with Crippen LogP contribution in [0.25, 0.3) is 0 Å². The number of rotatable bonds is 5. The lowest BCUT2D eigenvalue weighted by atomic mass is 10.3. The number of H-pyrrole nitrogens is 1. The van der Waals surface area contributed by atoms with E-state index in [-0.39, 0.29) is 6.04 Å². The molecule has 0 bridgehead atoms. The molecule has 1 atom stereocenters.